The van der Waals surface area contributed by atoms with Crippen LogP contribution in [0.1, 0.15) is 0 Å². The number of phenols is 1. The maximum Gasteiger partial charge on any atom is 0.334 e. The number of anilines is 1. The molecule has 0 aromatic heterocycles. The molecule has 8 nitrogen and oxygen atoms in total. The summed E-state index contributed by atoms with van der Waals surface area (Å²) in [6.45, 7) is 0. The lowest BCUT2D eigenvalue weighted by atomic mass is 10.2. The lowest BCUT2D eigenvalue weighted by molar-refractivity contribution is -0.385. The normalized spacial score (nSPS) is 11.3. The summed E-state index contributed by atoms with van der Waals surface area (Å²) < 4.78 is 30.0. The van der Waals surface area contributed by atoms with Gasteiger partial charge in [-0.25, -0.2) is 0 Å². The molecule has 0 unspecified atom stereocenters. The van der Waals surface area contributed by atoms with Crippen molar-refractivity contribution in [2.75, 3.05) is 5.73 Å². The Morgan fingerprint density at radius 2 is 1.93 bits per heavy atom. The molecule has 1 aromatic carbocycles. The van der Waals surface area contributed by atoms with Crippen molar-refractivity contribution in [1.82, 2.24) is 0 Å². The number of hydrogen-bond acceptors (Lipinski definition) is 6. The van der Waals surface area contributed by atoms with Crippen LogP contribution in [0.4, 0.5) is 11.4 Å². The number of nitrogens with zero attached hydrogens (tertiary/aromatic N) is 1. The van der Waals surface area contributed by atoms with E-state index in [9.17, 15) is 23.6 Å². The van der Waals surface area contributed by atoms with Crippen molar-refractivity contribution < 1.29 is 23.0 Å². The molecular weight excluding hydrogens is 228 g/mol. The van der Waals surface area contributed by atoms with Crippen molar-refractivity contribution >= 4 is 21.5 Å². The van der Waals surface area contributed by atoms with E-state index in [-0.39, 0.29) is 0 Å². The van der Waals surface area contributed by atoms with Crippen LogP contribution in [0, 0.1) is 10.1 Å². The number of phenolic OH excluding ortho intramolecular Hbond substituents is 1. The summed E-state index contributed by atoms with van der Waals surface area (Å²) in [5.74, 6) is -1.18. The van der Waals surface area contributed by atoms with Crippen molar-refractivity contribution in [1.29, 1.82) is 0 Å². The first kappa shape index (κ1) is 11.2. The highest BCUT2D eigenvalue weighted by molar-refractivity contribution is 7.86. The van der Waals surface area contributed by atoms with Crippen LogP contribution in [0.15, 0.2) is 17.0 Å². The Morgan fingerprint density at radius 3 is 2.33 bits per heavy atom. The van der Waals surface area contributed by atoms with Gasteiger partial charge in [-0.2, -0.15) is 8.42 Å². The van der Waals surface area contributed by atoms with Gasteiger partial charge < -0.3 is 10.8 Å². The summed E-state index contributed by atoms with van der Waals surface area (Å²) in [6.07, 6.45) is 0. The number of nitrogens with two attached hydrogens (primary N) is 1. The number of rotatable bonds is 2. The summed E-state index contributed by atoms with van der Waals surface area (Å²) in [4.78, 5) is 8.41. The minimum atomic E-state index is -4.72. The maximum atomic E-state index is 10.7. The van der Waals surface area contributed by atoms with Gasteiger partial charge in [0.1, 0.15) is 10.6 Å². The van der Waals surface area contributed by atoms with Crippen LogP contribution in [0.3, 0.4) is 0 Å². The quantitative estimate of drug-likeness (QED) is 0.285. The molecule has 0 atom stereocenters. The first-order chi connectivity index (χ1) is 6.75. The third-order valence-corrected chi connectivity index (χ3v) is 2.49. The predicted octanol–water partition coefficient (Wildman–Crippen LogP) is 0.129. The summed E-state index contributed by atoms with van der Waals surface area (Å²) in [5.41, 5.74) is 3.80. The first-order valence-corrected chi connectivity index (χ1v) is 4.92. The highest BCUT2D eigenvalue weighted by Crippen LogP contribution is 2.37. The Bertz CT molecular complexity index is 523. The zero-order valence-electron chi connectivity index (χ0n) is 7.11. The fourth-order valence-electron chi connectivity index (χ4n) is 0.977. The molecule has 82 valence electrons. The van der Waals surface area contributed by atoms with Gasteiger partial charge in [-0.05, 0) is 12.1 Å². The molecule has 0 saturated carbocycles. The van der Waals surface area contributed by atoms with Crippen molar-refractivity contribution in [2.24, 2.45) is 0 Å². The Morgan fingerprint density at radius 1 is 1.40 bits per heavy atom. The molecule has 4 N–H and O–H groups in total. The molecule has 1 aromatic rings. The fraction of sp³-hybridized carbons (Fsp3) is 0. The zero-order chi connectivity index (χ0) is 11.8. The van der Waals surface area contributed by atoms with Crippen molar-refractivity contribution in [3.63, 3.8) is 0 Å². The Labute approximate surface area is 83.8 Å². The average Bonchev–Trinajstić information content (AvgIpc) is 2.00. The zero-order valence-corrected chi connectivity index (χ0v) is 7.93. The number of hydrogen-bond donors (Lipinski definition) is 3. The number of benzene rings is 1. The topological polar surface area (TPSA) is 144 Å². The molecule has 9 heteroatoms. The SMILES string of the molecule is Nc1ccc(S(=O)(=O)O)c(O)c1[N+](=O)[O-]. The summed E-state index contributed by atoms with van der Waals surface area (Å²) in [7, 11) is -4.72. The lowest BCUT2D eigenvalue weighted by Gasteiger charge is -2.03. The van der Waals surface area contributed by atoms with Crippen molar-refractivity contribution in [3.8, 4) is 5.75 Å². The Kier molecular flexibility index (Phi) is 2.51. The average molecular weight is 234 g/mol. The van der Waals surface area contributed by atoms with Gasteiger partial charge in [0.05, 0.1) is 4.92 Å². The van der Waals surface area contributed by atoms with Crippen LogP contribution in [0.2, 0.25) is 0 Å². The molecule has 0 aliphatic carbocycles. The molecular formula is C6H6N2O6S. The first-order valence-electron chi connectivity index (χ1n) is 3.48. The van der Waals surface area contributed by atoms with E-state index in [1.807, 2.05) is 0 Å². The number of aromatic hydroxyl groups is 1. The van der Waals surface area contributed by atoms with E-state index in [4.69, 9.17) is 10.3 Å². The van der Waals surface area contributed by atoms with Crippen LogP contribution < -0.4 is 5.73 Å². The van der Waals surface area contributed by atoms with Gasteiger partial charge in [0, 0.05) is 0 Å². The monoisotopic (exact) mass is 234 g/mol. The van der Waals surface area contributed by atoms with Crippen molar-refractivity contribution in [2.45, 2.75) is 4.90 Å². The van der Waals surface area contributed by atoms with Gasteiger partial charge in [-0.1, -0.05) is 0 Å². The third-order valence-electron chi connectivity index (χ3n) is 1.61. The second-order valence-electron chi connectivity index (χ2n) is 2.58. The van der Waals surface area contributed by atoms with E-state index in [0.717, 1.165) is 12.1 Å². The second-order valence-corrected chi connectivity index (χ2v) is 3.97. The van der Waals surface area contributed by atoms with Crippen LogP contribution in [0.5, 0.6) is 5.75 Å². The fourth-order valence-corrected chi connectivity index (χ4v) is 1.56. The molecule has 0 radical (unpaired) electrons. The van der Waals surface area contributed by atoms with Gasteiger partial charge >= 0.3 is 5.69 Å². The molecule has 0 spiro atoms. The minimum Gasteiger partial charge on any atom is -0.501 e. The number of nitro groups is 1. The predicted molar refractivity (Wildman–Crippen MR) is 49.0 cm³/mol. The molecule has 0 saturated heterocycles. The van der Waals surface area contributed by atoms with E-state index >= 15 is 0 Å². The molecule has 1 rings (SSSR count). The summed E-state index contributed by atoms with van der Waals surface area (Å²) >= 11 is 0. The van der Waals surface area contributed by atoms with Crippen LogP contribution in [-0.2, 0) is 10.1 Å². The molecule has 15 heavy (non-hydrogen) atoms. The molecule has 0 heterocycles. The highest BCUT2D eigenvalue weighted by Gasteiger charge is 2.26. The van der Waals surface area contributed by atoms with Crippen LogP contribution in [-0.4, -0.2) is 23.0 Å². The molecule has 0 aliphatic heterocycles. The standard InChI is InChI=1S/C6H6N2O6S/c7-3-1-2-4(15(12,13)14)6(9)5(3)8(10)11/h1-2,9H,7H2,(H,12,13,14). The van der Waals surface area contributed by atoms with Gasteiger partial charge in [0.15, 0.2) is 0 Å². The third kappa shape index (κ3) is 1.97. The minimum absolute atomic E-state index is 0.398. The second kappa shape index (κ2) is 3.37. The smallest absolute Gasteiger partial charge is 0.334 e. The summed E-state index contributed by atoms with van der Waals surface area (Å²) in [5, 5.41) is 19.6. The molecule has 0 aliphatic rings. The van der Waals surface area contributed by atoms with Crippen molar-refractivity contribution in [3.05, 3.63) is 22.2 Å². The van der Waals surface area contributed by atoms with E-state index in [1.54, 1.807) is 0 Å². The highest BCUT2D eigenvalue weighted by atomic mass is 32.2. The van der Waals surface area contributed by atoms with E-state index in [0.29, 0.717) is 0 Å². The van der Waals surface area contributed by atoms with Gasteiger partial charge in [0.25, 0.3) is 10.1 Å². The van der Waals surface area contributed by atoms with E-state index < -0.39 is 37.1 Å². The van der Waals surface area contributed by atoms with Gasteiger partial charge in [-0.3, -0.25) is 14.7 Å². The molecule has 0 bridgehead atoms. The van der Waals surface area contributed by atoms with E-state index in [2.05, 4.69) is 0 Å². The molecule has 0 amide bonds. The van der Waals surface area contributed by atoms with Gasteiger partial charge in [-0.15, -0.1) is 0 Å². The largest absolute Gasteiger partial charge is 0.501 e. The molecule has 0 fully saturated rings. The van der Waals surface area contributed by atoms with E-state index in [1.165, 1.54) is 0 Å². The number of nitro benzene ring substituents is 1. The Hall–Kier alpha value is -1.87. The van der Waals surface area contributed by atoms with Crippen LogP contribution >= 0.6 is 0 Å². The van der Waals surface area contributed by atoms with Gasteiger partial charge in [0.2, 0.25) is 5.75 Å². The maximum absolute atomic E-state index is 10.7. The summed E-state index contributed by atoms with van der Waals surface area (Å²) in [6, 6.07) is 1.67. The number of nitrogen functional groups attached to an aromatic ring is 1. The van der Waals surface area contributed by atoms with Crippen LogP contribution in [0.25, 0.3) is 0 Å². The lowest BCUT2D eigenvalue weighted by Crippen LogP contribution is -2.03. The Balaban J connectivity index is 3.64.